The molecular formula is C15H24Cl2N2O. The first-order chi connectivity index (χ1) is 8.66. The third kappa shape index (κ3) is 5.41. The van der Waals surface area contributed by atoms with E-state index in [1.165, 1.54) is 5.56 Å². The summed E-state index contributed by atoms with van der Waals surface area (Å²) >= 11 is 0. The monoisotopic (exact) mass is 318 g/mol. The lowest BCUT2D eigenvalue weighted by molar-refractivity contribution is 0.0942. The molecule has 0 aromatic heterocycles. The standard InChI is InChI=1S/C15H22N2O.2ClH/c1-12-3-5-14(6-4-12)15(18)7-9-17-10-8-16-11-13(17)2;;/h3-6,13,16H,7-11H2,1-2H3;2*1H. The Balaban J connectivity index is 0.00000180. The highest BCUT2D eigenvalue weighted by atomic mass is 35.5. The van der Waals surface area contributed by atoms with Crippen molar-refractivity contribution in [1.82, 2.24) is 10.2 Å². The zero-order valence-corrected chi connectivity index (χ0v) is 13.7. The normalized spacial score (nSPS) is 18.8. The number of hydrogen-bond acceptors (Lipinski definition) is 3. The zero-order valence-electron chi connectivity index (χ0n) is 12.1. The Labute approximate surface area is 133 Å². The van der Waals surface area contributed by atoms with Gasteiger partial charge < -0.3 is 5.32 Å². The Morgan fingerprint density at radius 2 is 1.95 bits per heavy atom. The van der Waals surface area contributed by atoms with Crippen LogP contribution in [0.15, 0.2) is 24.3 Å². The van der Waals surface area contributed by atoms with Crippen molar-refractivity contribution in [3.63, 3.8) is 0 Å². The second kappa shape index (κ2) is 9.35. The van der Waals surface area contributed by atoms with Gasteiger partial charge in [0, 0.05) is 44.2 Å². The van der Waals surface area contributed by atoms with Crippen LogP contribution in [0.4, 0.5) is 0 Å². The molecule has 1 N–H and O–H groups in total. The summed E-state index contributed by atoms with van der Waals surface area (Å²) in [5, 5.41) is 3.36. The lowest BCUT2D eigenvalue weighted by Gasteiger charge is -2.33. The smallest absolute Gasteiger partial charge is 0.164 e. The van der Waals surface area contributed by atoms with E-state index in [0.29, 0.717) is 12.5 Å². The Morgan fingerprint density at radius 3 is 2.55 bits per heavy atom. The molecule has 1 unspecified atom stereocenters. The van der Waals surface area contributed by atoms with Crippen LogP contribution in [-0.2, 0) is 0 Å². The van der Waals surface area contributed by atoms with Crippen molar-refractivity contribution >= 4 is 30.6 Å². The van der Waals surface area contributed by atoms with Crippen LogP contribution in [0, 0.1) is 6.92 Å². The molecular weight excluding hydrogens is 295 g/mol. The summed E-state index contributed by atoms with van der Waals surface area (Å²) in [6.45, 7) is 8.22. The first-order valence-electron chi connectivity index (χ1n) is 6.71. The minimum Gasteiger partial charge on any atom is -0.314 e. The number of hydrogen-bond donors (Lipinski definition) is 1. The van der Waals surface area contributed by atoms with Crippen LogP contribution in [0.25, 0.3) is 0 Å². The molecule has 0 saturated carbocycles. The first-order valence-corrected chi connectivity index (χ1v) is 6.71. The van der Waals surface area contributed by atoms with Crippen LogP contribution >= 0.6 is 24.8 Å². The largest absolute Gasteiger partial charge is 0.314 e. The van der Waals surface area contributed by atoms with E-state index in [1.807, 2.05) is 31.2 Å². The molecule has 1 fully saturated rings. The van der Waals surface area contributed by atoms with Gasteiger partial charge in [-0.25, -0.2) is 0 Å². The molecule has 20 heavy (non-hydrogen) atoms. The van der Waals surface area contributed by atoms with Gasteiger partial charge in [-0.05, 0) is 13.8 Å². The Kier molecular flexibility index (Phi) is 9.06. The van der Waals surface area contributed by atoms with Gasteiger partial charge in [0.2, 0.25) is 0 Å². The zero-order chi connectivity index (χ0) is 13.0. The summed E-state index contributed by atoms with van der Waals surface area (Å²) in [5.74, 6) is 0.251. The molecule has 3 nitrogen and oxygen atoms in total. The Morgan fingerprint density at radius 1 is 1.30 bits per heavy atom. The van der Waals surface area contributed by atoms with Gasteiger partial charge in [0.05, 0.1) is 0 Å². The van der Waals surface area contributed by atoms with Crippen molar-refractivity contribution in [1.29, 1.82) is 0 Å². The van der Waals surface area contributed by atoms with Crippen LogP contribution in [0.2, 0.25) is 0 Å². The van der Waals surface area contributed by atoms with Gasteiger partial charge in [-0.1, -0.05) is 29.8 Å². The van der Waals surface area contributed by atoms with E-state index in [0.717, 1.165) is 31.7 Å². The number of carbonyl (C=O) groups is 1. The van der Waals surface area contributed by atoms with Crippen LogP contribution in [0.5, 0.6) is 0 Å². The van der Waals surface area contributed by atoms with Crippen LogP contribution < -0.4 is 5.32 Å². The van der Waals surface area contributed by atoms with Crippen molar-refractivity contribution in [2.75, 3.05) is 26.2 Å². The summed E-state index contributed by atoms with van der Waals surface area (Å²) in [6, 6.07) is 8.39. The van der Waals surface area contributed by atoms with Crippen molar-refractivity contribution in [3.05, 3.63) is 35.4 Å². The molecule has 0 spiro atoms. The fourth-order valence-corrected chi connectivity index (χ4v) is 2.34. The SMILES string of the molecule is Cc1ccc(C(=O)CCN2CCNCC2C)cc1.Cl.Cl. The molecule has 5 heteroatoms. The van der Waals surface area contributed by atoms with Gasteiger partial charge in [0.15, 0.2) is 5.78 Å². The number of rotatable bonds is 4. The second-order valence-electron chi connectivity index (χ2n) is 5.13. The highest BCUT2D eigenvalue weighted by Gasteiger charge is 2.18. The van der Waals surface area contributed by atoms with E-state index < -0.39 is 0 Å². The number of piperazine rings is 1. The predicted molar refractivity (Wildman–Crippen MR) is 88.5 cm³/mol. The average Bonchev–Trinajstić information content (AvgIpc) is 2.38. The number of nitrogens with zero attached hydrogens (tertiary/aromatic N) is 1. The van der Waals surface area contributed by atoms with Gasteiger partial charge in [-0.15, -0.1) is 24.8 Å². The molecule has 1 aliphatic heterocycles. The van der Waals surface area contributed by atoms with Gasteiger partial charge in [0.1, 0.15) is 0 Å². The lowest BCUT2D eigenvalue weighted by Crippen LogP contribution is -2.50. The summed E-state index contributed by atoms with van der Waals surface area (Å²) in [4.78, 5) is 14.5. The Hall–Kier alpha value is -0.610. The van der Waals surface area contributed by atoms with Crippen molar-refractivity contribution < 1.29 is 4.79 Å². The molecule has 0 bridgehead atoms. The third-order valence-electron chi connectivity index (χ3n) is 3.64. The molecule has 1 saturated heterocycles. The maximum Gasteiger partial charge on any atom is 0.164 e. The maximum absolute atomic E-state index is 12.1. The number of benzene rings is 1. The molecule has 0 amide bonds. The Bertz CT molecular complexity index is 409. The van der Waals surface area contributed by atoms with Gasteiger partial charge in [-0.2, -0.15) is 0 Å². The highest BCUT2D eigenvalue weighted by molar-refractivity contribution is 5.96. The average molecular weight is 319 g/mol. The summed E-state index contributed by atoms with van der Waals surface area (Å²) < 4.78 is 0. The number of halogens is 2. The summed E-state index contributed by atoms with van der Waals surface area (Å²) in [6.07, 6.45) is 0.618. The fraction of sp³-hybridized carbons (Fsp3) is 0.533. The number of carbonyl (C=O) groups excluding carboxylic acids is 1. The van der Waals surface area contributed by atoms with Gasteiger partial charge in [0.25, 0.3) is 0 Å². The molecule has 2 rings (SSSR count). The van der Waals surface area contributed by atoms with Crippen molar-refractivity contribution in [2.24, 2.45) is 0 Å². The molecule has 1 aromatic rings. The van der Waals surface area contributed by atoms with Crippen LogP contribution in [0.1, 0.15) is 29.3 Å². The van der Waals surface area contributed by atoms with Gasteiger partial charge in [-0.3, -0.25) is 9.69 Å². The van der Waals surface area contributed by atoms with Crippen LogP contribution in [-0.4, -0.2) is 42.9 Å². The molecule has 0 radical (unpaired) electrons. The molecule has 1 aromatic carbocycles. The van der Waals surface area contributed by atoms with E-state index in [4.69, 9.17) is 0 Å². The first kappa shape index (κ1) is 19.4. The minimum absolute atomic E-state index is 0. The van der Waals surface area contributed by atoms with Crippen LogP contribution in [0.3, 0.4) is 0 Å². The van der Waals surface area contributed by atoms with Gasteiger partial charge >= 0.3 is 0 Å². The van der Waals surface area contributed by atoms with Crippen molar-refractivity contribution in [2.45, 2.75) is 26.3 Å². The quantitative estimate of drug-likeness (QED) is 0.866. The third-order valence-corrected chi connectivity index (χ3v) is 3.64. The van der Waals surface area contributed by atoms with E-state index in [2.05, 4.69) is 17.1 Å². The topological polar surface area (TPSA) is 32.3 Å². The number of ketones is 1. The number of Topliss-reactive ketones (excluding diaryl/α,β-unsaturated/α-hetero) is 1. The van der Waals surface area contributed by atoms with E-state index in [9.17, 15) is 4.79 Å². The molecule has 1 atom stereocenters. The summed E-state index contributed by atoms with van der Waals surface area (Å²) in [5.41, 5.74) is 2.03. The van der Waals surface area contributed by atoms with E-state index in [1.54, 1.807) is 0 Å². The molecule has 114 valence electrons. The minimum atomic E-state index is 0. The number of aryl methyl sites for hydroxylation is 1. The summed E-state index contributed by atoms with van der Waals surface area (Å²) in [7, 11) is 0. The molecule has 1 aliphatic rings. The number of nitrogens with one attached hydrogen (secondary N) is 1. The van der Waals surface area contributed by atoms with Crippen molar-refractivity contribution in [3.8, 4) is 0 Å². The van der Waals surface area contributed by atoms with E-state index in [-0.39, 0.29) is 30.6 Å². The molecule has 1 heterocycles. The van der Waals surface area contributed by atoms with E-state index >= 15 is 0 Å². The highest BCUT2D eigenvalue weighted by Crippen LogP contribution is 2.09. The fourth-order valence-electron chi connectivity index (χ4n) is 2.34. The predicted octanol–water partition coefficient (Wildman–Crippen LogP) is 2.71. The maximum atomic E-state index is 12.1. The molecule has 0 aliphatic carbocycles. The lowest BCUT2D eigenvalue weighted by atomic mass is 10.1. The second-order valence-corrected chi connectivity index (χ2v) is 5.13.